The second-order valence-corrected chi connectivity index (χ2v) is 5.00. The average Bonchev–Trinajstić information content (AvgIpc) is 2.48. The Hall–Kier alpha value is -1.62. The van der Waals surface area contributed by atoms with Crippen molar-refractivity contribution in [3.63, 3.8) is 0 Å². The molecule has 1 aliphatic rings. The number of rotatable bonds is 3. The van der Waals surface area contributed by atoms with Gasteiger partial charge in [0.1, 0.15) is 0 Å². The zero-order valence-electron chi connectivity index (χ0n) is 11.2. The lowest BCUT2D eigenvalue weighted by Gasteiger charge is -2.28. The average molecular weight is 276 g/mol. The van der Waals surface area contributed by atoms with Gasteiger partial charge in [-0.05, 0) is 49.2 Å². The molecule has 0 amide bonds. The van der Waals surface area contributed by atoms with Gasteiger partial charge in [-0.2, -0.15) is 5.10 Å². The number of hydrogen-bond donors (Lipinski definition) is 2. The Labute approximate surface area is 119 Å². The fourth-order valence-corrected chi connectivity index (χ4v) is 2.20. The number of hydrogen-bond acceptors (Lipinski definition) is 3. The van der Waals surface area contributed by atoms with Crippen molar-refractivity contribution in [2.24, 2.45) is 5.10 Å². The van der Waals surface area contributed by atoms with E-state index in [1.165, 1.54) is 38.0 Å². The summed E-state index contributed by atoms with van der Waals surface area (Å²) in [6, 6.07) is 8.47. The van der Waals surface area contributed by atoms with E-state index in [-0.39, 0.29) is 0 Å². The Bertz CT molecular complexity index is 435. The van der Waals surface area contributed by atoms with Crippen LogP contribution in [0, 0.1) is 0 Å². The summed E-state index contributed by atoms with van der Waals surface area (Å²) < 4.78 is 0. The third kappa shape index (κ3) is 4.21. The lowest BCUT2D eigenvalue weighted by molar-refractivity contribution is 0.578. The lowest BCUT2D eigenvalue weighted by Crippen LogP contribution is -2.29. The molecule has 4 nitrogen and oxygen atoms in total. The standard InChI is InChI=1S/C14H20N4S/c1-15-14(19)17-16-11-12-5-7-13(8-6-12)18-9-3-2-4-10-18/h5-8,11H,2-4,9-10H2,1H3,(H2,15,17,19)/b16-11-. The van der Waals surface area contributed by atoms with Crippen LogP contribution in [0.1, 0.15) is 24.8 Å². The van der Waals surface area contributed by atoms with Gasteiger partial charge in [-0.1, -0.05) is 12.1 Å². The molecule has 2 rings (SSSR count). The van der Waals surface area contributed by atoms with E-state index in [1.807, 2.05) is 0 Å². The molecule has 1 aromatic carbocycles. The van der Waals surface area contributed by atoms with Crippen molar-refractivity contribution in [3.05, 3.63) is 29.8 Å². The minimum absolute atomic E-state index is 0.515. The Morgan fingerprint density at radius 3 is 2.53 bits per heavy atom. The maximum absolute atomic E-state index is 4.93. The van der Waals surface area contributed by atoms with Crippen LogP contribution < -0.4 is 15.6 Å². The third-order valence-electron chi connectivity index (χ3n) is 3.22. The Balaban J connectivity index is 1.92. The summed E-state index contributed by atoms with van der Waals surface area (Å²) in [5.41, 5.74) is 5.10. The lowest BCUT2D eigenvalue weighted by atomic mass is 10.1. The molecule has 0 radical (unpaired) electrons. The SMILES string of the molecule is CNC(=S)N/N=C\c1ccc(N2CCCCC2)cc1. The van der Waals surface area contributed by atoms with Crippen LogP contribution in [-0.4, -0.2) is 31.5 Å². The molecule has 0 atom stereocenters. The zero-order chi connectivity index (χ0) is 13.5. The van der Waals surface area contributed by atoms with Gasteiger partial charge < -0.3 is 10.2 Å². The van der Waals surface area contributed by atoms with Crippen molar-refractivity contribution in [2.45, 2.75) is 19.3 Å². The molecule has 19 heavy (non-hydrogen) atoms. The van der Waals surface area contributed by atoms with Crippen molar-refractivity contribution in [1.29, 1.82) is 0 Å². The van der Waals surface area contributed by atoms with Crippen molar-refractivity contribution >= 4 is 29.2 Å². The van der Waals surface area contributed by atoms with Crippen LogP contribution in [0.4, 0.5) is 5.69 Å². The summed E-state index contributed by atoms with van der Waals surface area (Å²) in [5, 5.41) is 7.38. The Kier molecular flexibility index (Phi) is 5.15. The number of hydrazone groups is 1. The fraction of sp³-hybridized carbons (Fsp3) is 0.429. The highest BCUT2D eigenvalue weighted by atomic mass is 32.1. The second kappa shape index (κ2) is 7.09. The van der Waals surface area contributed by atoms with Gasteiger partial charge in [-0.3, -0.25) is 5.43 Å². The van der Waals surface area contributed by atoms with Gasteiger partial charge in [0.15, 0.2) is 5.11 Å². The van der Waals surface area contributed by atoms with Crippen LogP contribution in [0.25, 0.3) is 0 Å². The first-order valence-electron chi connectivity index (χ1n) is 6.65. The molecule has 1 aliphatic heterocycles. The highest BCUT2D eigenvalue weighted by Crippen LogP contribution is 2.19. The highest BCUT2D eigenvalue weighted by molar-refractivity contribution is 7.80. The Morgan fingerprint density at radius 1 is 1.21 bits per heavy atom. The molecular formula is C14H20N4S. The van der Waals surface area contributed by atoms with E-state index in [0.717, 1.165) is 5.56 Å². The summed E-state index contributed by atoms with van der Waals surface area (Å²) in [6.07, 6.45) is 5.73. The second-order valence-electron chi connectivity index (χ2n) is 4.59. The highest BCUT2D eigenvalue weighted by Gasteiger charge is 2.09. The van der Waals surface area contributed by atoms with Crippen LogP contribution in [0.5, 0.6) is 0 Å². The Morgan fingerprint density at radius 2 is 1.89 bits per heavy atom. The molecule has 1 fully saturated rings. The maximum atomic E-state index is 4.93. The van der Waals surface area contributed by atoms with Crippen LogP contribution in [-0.2, 0) is 0 Å². The molecule has 0 aromatic heterocycles. The van der Waals surface area contributed by atoms with E-state index < -0.39 is 0 Å². The minimum Gasteiger partial charge on any atom is -0.372 e. The van der Waals surface area contributed by atoms with Gasteiger partial charge in [0.2, 0.25) is 0 Å². The van der Waals surface area contributed by atoms with E-state index in [4.69, 9.17) is 12.2 Å². The largest absolute Gasteiger partial charge is 0.372 e. The molecule has 1 saturated heterocycles. The predicted molar refractivity (Wildman–Crippen MR) is 84.9 cm³/mol. The van der Waals surface area contributed by atoms with E-state index in [2.05, 4.69) is 45.0 Å². The summed E-state index contributed by atoms with van der Waals surface area (Å²) in [4.78, 5) is 2.44. The van der Waals surface area contributed by atoms with Gasteiger partial charge in [-0.15, -0.1) is 0 Å². The molecule has 0 aliphatic carbocycles. The minimum atomic E-state index is 0.515. The number of thiocarbonyl (C=S) groups is 1. The summed E-state index contributed by atoms with van der Waals surface area (Å²) >= 11 is 4.93. The van der Waals surface area contributed by atoms with E-state index >= 15 is 0 Å². The molecule has 5 heteroatoms. The van der Waals surface area contributed by atoms with Gasteiger partial charge in [0, 0.05) is 25.8 Å². The van der Waals surface area contributed by atoms with E-state index in [0.29, 0.717) is 5.11 Å². The van der Waals surface area contributed by atoms with Gasteiger partial charge in [0.25, 0.3) is 0 Å². The summed E-state index contributed by atoms with van der Waals surface area (Å²) in [5.74, 6) is 0. The monoisotopic (exact) mass is 276 g/mol. The summed E-state index contributed by atoms with van der Waals surface area (Å²) in [7, 11) is 1.76. The molecule has 0 bridgehead atoms. The van der Waals surface area contributed by atoms with Crippen LogP contribution in [0.3, 0.4) is 0 Å². The molecule has 0 saturated carbocycles. The maximum Gasteiger partial charge on any atom is 0.186 e. The third-order valence-corrected chi connectivity index (χ3v) is 3.52. The molecule has 0 spiro atoms. The van der Waals surface area contributed by atoms with Crippen LogP contribution in [0.2, 0.25) is 0 Å². The predicted octanol–water partition coefficient (Wildman–Crippen LogP) is 2.10. The van der Waals surface area contributed by atoms with Gasteiger partial charge >= 0.3 is 0 Å². The first-order valence-corrected chi connectivity index (χ1v) is 7.06. The summed E-state index contributed by atoms with van der Waals surface area (Å²) in [6.45, 7) is 2.34. The smallest absolute Gasteiger partial charge is 0.186 e. The van der Waals surface area contributed by atoms with E-state index in [1.54, 1.807) is 13.3 Å². The molecule has 0 unspecified atom stereocenters. The fourth-order valence-electron chi connectivity index (χ4n) is 2.14. The molecular weight excluding hydrogens is 256 g/mol. The van der Waals surface area contributed by atoms with Crippen molar-refractivity contribution in [1.82, 2.24) is 10.7 Å². The van der Waals surface area contributed by atoms with Crippen molar-refractivity contribution in [3.8, 4) is 0 Å². The van der Waals surface area contributed by atoms with Crippen LogP contribution in [0.15, 0.2) is 29.4 Å². The first-order chi connectivity index (χ1) is 9.29. The molecule has 1 heterocycles. The van der Waals surface area contributed by atoms with Gasteiger partial charge in [0.05, 0.1) is 6.21 Å². The number of nitrogens with zero attached hydrogens (tertiary/aromatic N) is 2. The molecule has 102 valence electrons. The number of piperidine rings is 1. The number of anilines is 1. The molecule has 2 N–H and O–H groups in total. The van der Waals surface area contributed by atoms with Crippen molar-refractivity contribution in [2.75, 3.05) is 25.0 Å². The zero-order valence-corrected chi connectivity index (χ0v) is 12.0. The van der Waals surface area contributed by atoms with Gasteiger partial charge in [-0.25, -0.2) is 0 Å². The number of nitrogens with one attached hydrogen (secondary N) is 2. The first kappa shape index (κ1) is 13.8. The van der Waals surface area contributed by atoms with Crippen molar-refractivity contribution < 1.29 is 0 Å². The normalized spacial score (nSPS) is 15.5. The van der Waals surface area contributed by atoms with Crippen LogP contribution >= 0.6 is 12.2 Å². The number of benzene rings is 1. The molecule has 1 aromatic rings. The topological polar surface area (TPSA) is 39.7 Å². The quantitative estimate of drug-likeness (QED) is 0.504. The van der Waals surface area contributed by atoms with E-state index in [9.17, 15) is 0 Å².